The molecule has 6 nitrogen and oxygen atoms in total. The van der Waals surface area contributed by atoms with E-state index in [0.29, 0.717) is 18.2 Å². The van der Waals surface area contributed by atoms with Gasteiger partial charge in [0, 0.05) is 41.9 Å². The van der Waals surface area contributed by atoms with Gasteiger partial charge in [-0.15, -0.1) is 0 Å². The second kappa shape index (κ2) is 11.7. The molecule has 1 aromatic carbocycles. The molecule has 1 aliphatic heterocycles. The molecule has 0 aliphatic carbocycles. The van der Waals surface area contributed by atoms with E-state index in [2.05, 4.69) is 51.4 Å². The first-order valence-electron chi connectivity index (χ1n) is 11.6. The van der Waals surface area contributed by atoms with Crippen molar-refractivity contribution in [1.82, 2.24) is 15.2 Å². The molecule has 0 spiro atoms. The summed E-state index contributed by atoms with van der Waals surface area (Å²) in [5.74, 6) is 0.597. The number of aryl methyl sites for hydroxylation is 1. The summed E-state index contributed by atoms with van der Waals surface area (Å²) in [5, 5.41) is 5.08. The van der Waals surface area contributed by atoms with Gasteiger partial charge in [-0.3, -0.25) is 0 Å². The Morgan fingerprint density at radius 1 is 1.31 bits per heavy atom. The van der Waals surface area contributed by atoms with Gasteiger partial charge in [0.1, 0.15) is 5.84 Å². The Morgan fingerprint density at radius 2 is 2.06 bits per heavy atom. The number of fused-ring (bicyclic) bond motifs is 1. The Hall–Kier alpha value is -2.86. The molecule has 0 unspecified atom stereocenters. The number of esters is 1. The van der Waals surface area contributed by atoms with E-state index in [1.165, 1.54) is 22.2 Å². The summed E-state index contributed by atoms with van der Waals surface area (Å²) in [6.07, 6.45) is 8.37. The van der Waals surface area contributed by atoms with Crippen molar-refractivity contribution < 1.29 is 9.53 Å². The first-order chi connectivity index (χ1) is 15.5. The fraction of sp³-hybridized carbons (Fsp3) is 0.462. The second-order valence-electron chi connectivity index (χ2n) is 8.22. The van der Waals surface area contributed by atoms with E-state index in [0.717, 1.165) is 44.7 Å². The molecule has 3 rings (SSSR count). The minimum Gasteiger partial charge on any atom is -0.462 e. The molecule has 0 saturated carbocycles. The molecule has 0 amide bonds. The van der Waals surface area contributed by atoms with Gasteiger partial charge in [-0.05, 0) is 65.1 Å². The molecule has 0 atom stereocenters. The van der Waals surface area contributed by atoms with E-state index in [-0.39, 0.29) is 5.97 Å². The summed E-state index contributed by atoms with van der Waals surface area (Å²) < 4.78 is 5.09. The number of amidine groups is 1. The Labute approximate surface area is 191 Å². The van der Waals surface area contributed by atoms with Gasteiger partial charge in [0.05, 0.1) is 12.2 Å². The third-order valence-electron chi connectivity index (χ3n) is 6.04. The number of H-pyrrole nitrogens is 1. The number of allylic oxidation sites excluding steroid dienone is 1. The molecule has 1 aliphatic rings. The monoisotopic (exact) mass is 436 g/mol. The maximum atomic E-state index is 12.0. The smallest absolute Gasteiger partial charge is 0.339 e. The van der Waals surface area contributed by atoms with Gasteiger partial charge < -0.3 is 19.9 Å². The SMILES string of the molecule is CC=C/C(=C\N=C(/C)N1CCC(NCCc2c(C)[nH]c3ccccc23)CC1)C(=O)OCC. The molecular weight excluding hydrogens is 400 g/mol. The van der Waals surface area contributed by atoms with Gasteiger partial charge in [-0.1, -0.05) is 30.4 Å². The molecule has 172 valence electrons. The van der Waals surface area contributed by atoms with Crippen LogP contribution in [0.1, 0.15) is 44.9 Å². The van der Waals surface area contributed by atoms with Crippen LogP contribution >= 0.6 is 0 Å². The minimum absolute atomic E-state index is 0.338. The number of aromatic nitrogens is 1. The maximum Gasteiger partial charge on any atom is 0.339 e. The van der Waals surface area contributed by atoms with Gasteiger partial charge in [0.15, 0.2) is 0 Å². The molecule has 0 radical (unpaired) electrons. The molecule has 1 fully saturated rings. The minimum atomic E-state index is -0.338. The summed E-state index contributed by atoms with van der Waals surface area (Å²) in [4.78, 5) is 22.3. The largest absolute Gasteiger partial charge is 0.462 e. The fourth-order valence-electron chi connectivity index (χ4n) is 4.27. The third-order valence-corrected chi connectivity index (χ3v) is 6.04. The number of carbonyl (C=O) groups is 1. The number of hydrogen-bond donors (Lipinski definition) is 2. The number of likely N-dealkylation sites (tertiary alicyclic amines) is 1. The first-order valence-corrected chi connectivity index (χ1v) is 11.6. The van der Waals surface area contributed by atoms with Crippen molar-refractivity contribution in [2.75, 3.05) is 26.2 Å². The zero-order valence-corrected chi connectivity index (χ0v) is 19.8. The summed E-state index contributed by atoms with van der Waals surface area (Å²) in [6, 6.07) is 9.05. The van der Waals surface area contributed by atoms with Crippen molar-refractivity contribution >= 4 is 22.7 Å². The fourth-order valence-corrected chi connectivity index (χ4v) is 4.27. The van der Waals surface area contributed by atoms with Crippen molar-refractivity contribution in [1.29, 1.82) is 0 Å². The van der Waals surface area contributed by atoms with Crippen LogP contribution in [0.5, 0.6) is 0 Å². The topological polar surface area (TPSA) is 69.7 Å². The molecule has 32 heavy (non-hydrogen) atoms. The molecule has 1 saturated heterocycles. The number of piperidine rings is 1. The van der Waals surface area contributed by atoms with Crippen LogP contribution in [-0.4, -0.2) is 54.0 Å². The van der Waals surface area contributed by atoms with Crippen LogP contribution in [0, 0.1) is 6.92 Å². The highest BCUT2D eigenvalue weighted by atomic mass is 16.5. The van der Waals surface area contributed by atoms with Gasteiger partial charge in [-0.2, -0.15) is 0 Å². The van der Waals surface area contributed by atoms with E-state index in [4.69, 9.17) is 4.74 Å². The van der Waals surface area contributed by atoms with Crippen molar-refractivity contribution in [3.8, 4) is 0 Å². The Morgan fingerprint density at radius 3 is 2.78 bits per heavy atom. The summed E-state index contributed by atoms with van der Waals surface area (Å²) in [5.41, 5.74) is 4.37. The molecule has 2 N–H and O–H groups in total. The van der Waals surface area contributed by atoms with Crippen LogP contribution in [0.2, 0.25) is 0 Å². The van der Waals surface area contributed by atoms with E-state index in [1.807, 2.05) is 19.9 Å². The Kier molecular flexibility index (Phi) is 8.68. The van der Waals surface area contributed by atoms with Gasteiger partial charge in [-0.25, -0.2) is 9.79 Å². The number of ether oxygens (including phenoxy) is 1. The average molecular weight is 437 g/mol. The first kappa shape index (κ1) is 23.8. The quantitative estimate of drug-likeness (QED) is 0.210. The predicted octanol–water partition coefficient (Wildman–Crippen LogP) is 4.51. The van der Waals surface area contributed by atoms with E-state index >= 15 is 0 Å². The number of aliphatic imine (C=N–C) groups is 1. The lowest BCUT2D eigenvalue weighted by atomic mass is 10.0. The van der Waals surface area contributed by atoms with E-state index in [9.17, 15) is 4.79 Å². The van der Waals surface area contributed by atoms with Crippen molar-refractivity contribution in [2.24, 2.45) is 4.99 Å². The third kappa shape index (κ3) is 6.10. The Balaban J connectivity index is 1.49. The second-order valence-corrected chi connectivity index (χ2v) is 8.22. The highest BCUT2D eigenvalue weighted by Gasteiger charge is 2.19. The average Bonchev–Trinajstić information content (AvgIpc) is 3.12. The van der Waals surface area contributed by atoms with Gasteiger partial charge >= 0.3 is 5.97 Å². The van der Waals surface area contributed by atoms with Gasteiger partial charge in [0.2, 0.25) is 0 Å². The normalized spacial score (nSPS) is 16.3. The summed E-state index contributed by atoms with van der Waals surface area (Å²) in [6.45, 7) is 11.1. The number of carbonyl (C=O) groups excluding carboxylic acids is 1. The number of rotatable bonds is 8. The number of nitrogens with one attached hydrogen (secondary N) is 2. The molecule has 6 heteroatoms. The molecule has 0 bridgehead atoms. The number of para-hydroxylation sites is 1. The Bertz CT molecular complexity index is 994. The highest BCUT2D eigenvalue weighted by Crippen LogP contribution is 2.22. The number of aromatic amines is 1. The van der Waals surface area contributed by atoms with E-state index < -0.39 is 0 Å². The van der Waals surface area contributed by atoms with Crippen LogP contribution in [0.3, 0.4) is 0 Å². The van der Waals surface area contributed by atoms with Crippen LogP contribution in [0.25, 0.3) is 10.9 Å². The van der Waals surface area contributed by atoms with Crippen LogP contribution in [0.15, 0.2) is 53.2 Å². The highest BCUT2D eigenvalue weighted by molar-refractivity contribution is 5.92. The van der Waals surface area contributed by atoms with E-state index in [1.54, 1.807) is 19.2 Å². The van der Waals surface area contributed by atoms with Crippen molar-refractivity contribution in [3.63, 3.8) is 0 Å². The predicted molar refractivity (Wildman–Crippen MR) is 132 cm³/mol. The lowest BCUT2D eigenvalue weighted by Gasteiger charge is -2.33. The number of benzene rings is 1. The molecule has 2 heterocycles. The molecular formula is C26H36N4O2. The summed E-state index contributed by atoms with van der Waals surface area (Å²) in [7, 11) is 0. The van der Waals surface area contributed by atoms with Crippen LogP contribution in [-0.2, 0) is 16.0 Å². The van der Waals surface area contributed by atoms with Gasteiger partial charge in [0.25, 0.3) is 0 Å². The lowest BCUT2D eigenvalue weighted by Crippen LogP contribution is -2.44. The molecule has 1 aromatic heterocycles. The molecule has 2 aromatic rings. The number of nitrogens with zero attached hydrogens (tertiary/aromatic N) is 2. The van der Waals surface area contributed by atoms with Crippen LogP contribution < -0.4 is 5.32 Å². The van der Waals surface area contributed by atoms with Crippen molar-refractivity contribution in [3.05, 3.63) is 59.4 Å². The zero-order valence-electron chi connectivity index (χ0n) is 19.8. The number of hydrogen-bond acceptors (Lipinski definition) is 4. The van der Waals surface area contributed by atoms with Crippen LogP contribution in [0.4, 0.5) is 0 Å². The summed E-state index contributed by atoms with van der Waals surface area (Å²) >= 11 is 0. The maximum absolute atomic E-state index is 12.0. The zero-order chi connectivity index (χ0) is 22.9. The lowest BCUT2D eigenvalue weighted by molar-refractivity contribution is -0.138. The standard InChI is InChI=1S/C26H36N4O2/c1-5-9-21(26(31)32-6-2)18-28-20(4)30-16-13-22(14-17-30)27-15-12-23-19(3)29-25-11-8-7-10-24(23)25/h5,7-11,18,22,27,29H,6,12-17H2,1-4H3/b9-5?,21-18+,28-20+. The van der Waals surface area contributed by atoms with Crippen molar-refractivity contribution in [2.45, 2.75) is 53.0 Å².